The van der Waals surface area contributed by atoms with Gasteiger partial charge in [-0.2, -0.15) is 0 Å². The number of anilines is 1. The summed E-state index contributed by atoms with van der Waals surface area (Å²) in [6, 6.07) is 7.93. The van der Waals surface area contributed by atoms with Gasteiger partial charge in [0.15, 0.2) is 0 Å². The quantitative estimate of drug-likeness (QED) is 0.806. The third-order valence-corrected chi connectivity index (χ3v) is 3.42. The minimum Gasteiger partial charge on any atom is -0.371 e. The lowest BCUT2D eigenvalue weighted by atomic mass is 10.1. The van der Waals surface area contributed by atoms with E-state index in [1.807, 2.05) is 12.1 Å². The van der Waals surface area contributed by atoms with Crippen molar-refractivity contribution in [1.82, 2.24) is 5.32 Å². The highest BCUT2D eigenvalue weighted by Crippen LogP contribution is 2.18. The fourth-order valence-corrected chi connectivity index (χ4v) is 2.37. The van der Waals surface area contributed by atoms with Gasteiger partial charge in [0.1, 0.15) is 5.82 Å². The van der Waals surface area contributed by atoms with Crippen molar-refractivity contribution in [3.05, 3.63) is 30.1 Å². The Morgan fingerprint density at radius 1 is 1.06 bits per heavy atom. The van der Waals surface area contributed by atoms with E-state index in [9.17, 15) is 4.39 Å². The van der Waals surface area contributed by atoms with Gasteiger partial charge in [-0.25, -0.2) is 4.39 Å². The van der Waals surface area contributed by atoms with Crippen LogP contribution in [-0.2, 0) is 0 Å². The molecule has 3 heteroatoms. The standard InChI is InChI=1S/C14H21FN2/c1-11-7-9-17(10-8-12(2)16-11)14-5-3-13(15)4-6-14/h3-6,11-12,16H,7-10H2,1-2H3. The zero-order valence-electron chi connectivity index (χ0n) is 10.6. The summed E-state index contributed by atoms with van der Waals surface area (Å²) in [6.07, 6.45) is 2.25. The van der Waals surface area contributed by atoms with Crippen LogP contribution in [0, 0.1) is 5.82 Å². The molecule has 0 spiro atoms. The van der Waals surface area contributed by atoms with E-state index in [1.165, 1.54) is 0 Å². The molecule has 1 aliphatic heterocycles. The highest BCUT2D eigenvalue weighted by Gasteiger charge is 2.16. The predicted molar refractivity (Wildman–Crippen MR) is 69.9 cm³/mol. The Bertz CT molecular complexity index is 338. The van der Waals surface area contributed by atoms with E-state index in [-0.39, 0.29) is 5.82 Å². The van der Waals surface area contributed by atoms with Gasteiger partial charge >= 0.3 is 0 Å². The molecular weight excluding hydrogens is 215 g/mol. The fourth-order valence-electron chi connectivity index (χ4n) is 2.37. The first-order chi connectivity index (χ1) is 8.15. The molecule has 1 heterocycles. The number of nitrogens with one attached hydrogen (secondary N) is 1. The minimum absolute atomic E-state index is 0.163. The van der Waals surface area contributed by atoms with Crippen molar-refractivity contribution < 1.29 is 4.39 Å². The number of rotatable bonds is 1. The molecule has 0 aliphatic carbocycles. The largest absolute Gasteiger partial charge is 0.371 e. The van der Waals surface area contributed by atoms with Crippen LogP contribution in [0.2, 0.25) is 0 Å². The topological polar surface area (TPSA) is 15.3 Å². The van der Waals surface area contributed by atoms with Crippen molar-refractivity contribution in [1.29, 1.82) is 0 Å². The normalized spacial score (nSPS) is 26.4. The van der Waals surface area contributed by atoms with Gasteiger partial charge in [0.25, 0.3) is 0 Å². The van der Waals surface area contributed by atoms with Crippen molar-refractivity contribution >= 4 is 5.69 Å². The molecule has 2 nitrogen and oxygen atoms in total. The Morgan fingerprint density at radius 3 is 2.12 bits per heavy atom. The molecule has 1 N–H and O–H groups in total. The summed E-state index contributed by atoms with van der Waals surface area (Å²) in [5.74, 6) is -0.163. The summed E-state index contributed by atoms with van der Waals surface area (Å²) >= 11 is 0. The minimum atomic E-state index is -0.163. The lowest BCUT2D eigenvalue weighted by molar-refractivity contribution is 0.404. The number of hydrogen-bond donors (Lipinski definition) is 1. The molecule has 0 aromatic heterocycles. The average Bonchev–Trinajstić information content (AvgIpc) is 2.28. The van der Waals surface area contributed by atoms with E-state index in [1.54, 1.807) is 12.1 Å². The third-order valence-electron chi connectivity index (χ3n) is 3.42. The SMILES string of the molecule is CC1CCN(c2ccc(F)cc2)CCC(C)N1. The van der Waals surface area contributed by atoms with Crippen LogP contribution in [0.3, 0.4) is 0 Å². The van der Waals surface area contributed by atoms with Crippen molar-refractivity contribution in [3.63, 3.8) is 0 Å². The summed E-state index contributed by atoms with van der Waals surface area (Å²) in [5.41, 5.74) is 1.13. The van der Waals surface area contributed by atoms with E-state index in [4.69, 9.17) is 0 Å². The van der Waals surface area contributed by atoms with Gasteiger partial charge in [0.2, 0.25) is 0 Å². The molecule has 2 unspecified atom stereocenters. The Hall–Kier alpha value is -1.09. The molecule has 0 radical (unpaired) electrons. The summed E-state index contributed by atoms with van der Waals surface area (Å²) in [6.45, 7) is 6.52. The second-order valence-electron chi connectivity index (χ2n) is 5.01. The summed E-state index contributed by atoms with van der Waals surface area (Å²) in [7, 11) is 0. The van der Waals surface area contributed by atoms with E-state index in [0.717, 1.165) is 31.6 Å². The van der Waals surface area contributed by atoms with Gasteiger partial charge < -0.3 is 10.2 Å². The second-order valence-corrected chi connectivity index (χ2v) is 5.01. The zero-order chi connectivity index (χ0) is 12.3. The molecule has 1 aromatic carbocycles. The van der Waals surface area contributed by atoms with E-state index in [0.29, 0.717) is 12.1 Å². The molecule has 2 rings (SSSR count). The van der Waals surface area contributed by atoms with Crippen LogP contribution >= 0.6 is 0 Å². The van der Waals surface area contributed by atoms with E-state index in [2.05, 4.69) is 24.1 Å². The molecule has 1 aliphatic rings. The number of nitrogens with zero attached hydrogens (tertiary/aromatic N) is 1. The van der Waals surface area contributed by atoms with Crippen LogP contribution in [-0.4, -0.2) is 25.2 Å². The van der Waals surface area contributed by atoms with Crippen LogP contribution in [0.25, 0.3) is 0 Å². The molecule has 2 atom stereocenters. The molecule has 17 heavy (non-hydrogen) atoms. The fraction of sp³-hybridized carbons (Fsp3) is 0.571. The first-order valence-corrected chi connectivity index (χ1v) is 6.41. The van der Waals surface area contributed by atoms with Crippen molar-refractivity contribution in [2.24, 2.45) is 0 Å². The van der Waals surface area contributed by atoms with Gasteiger partial charge in [-0.3, -0.25) is 0 Å². The molecule has 1 fully saturated rings. The predicted octanol–water partition coefficient (Wildman–Crippen LogP) is 2.79. The van der Waals surface area contributed by atoms with Gasteiger partial charge in [-0.05, 0) is 51.0 Å². The molecule has 0 saturated carbocycles. The third kappa shape index (κ3) is 3.43. The van der Waals surface area contributed by atoms with Crippen LogP contribution in [0.15, 0.2) is 24.3 Å². The van der Waals surface area contributed by atoms with E-state index < -0.39 is 0 Å². The first kappa shape index (κ1) is 12.4. The number of halogens is 1. The maximum Gasteiger partial charge on any atom is 0.123 e. The van der Waals surface area contributed by atoms with Crippen LogP contribution in [0.5, 0.6) is 0 Å². The molecule has 1 saturated heterocycles. The van der Waals surface area contributed by atoms with Crippen LogP contribution in [0.1, 0.15) is 26.7 Å². The number of hydrogen-bond acceptors (Lipinski definition) is 2. The monoisotopic (exact) mass is 236 g/mol. The van der Waals surface area contributed by atoms with Gasteiger partial charge in [-0.1, -0.05) is 0 Å². The second kappa shape index (κ2) is 5.50. The molecule has 0 bridgehead atoms. The Morgan fingerprint density at radius 2 is 1.59 bits per heavy atom. The lowest BCUT2D eigenvalue weighted by Gasteiger charge is -2.32. The van der Waals surface area contributed by atoms with Gasteiger partial charge in [0.05, 0.1) is 0 Å². The average molecular weight is 236 g/mol. The summed E-state index contributed by atoms with van der Waals surface area (Å²) in [4.78, 5) is 2.35. The number of benzene rings is 1. The van der Waals surface area contributed by atoms with E-state index >= 15 is 0 Å². The van der Waals surface area contributed by atoms with Crippen molar-refractivity contribution in [3.8, 4) is 0 Å². The molecule has 0 amide bonds. The van der Waals surface area contributed by atoms with Crippen molar-refractivity contribution in [2.75, 3.05) is 18.0 Å². The molecule has 1 aromatic rings. The zero-order valence-corrected chi connectivity index (χ0v) is 10.6. The highest BCUT2D eigenvalue weighted by molar-refractivity contribution is 5.46. The maximum absolute atomic E-state index is 12.9. The highest BCUT2D eigenvalue weighted by atomic mass is 19.1. The smallest absolute Gasteiger partial charge is 0.123 e. The Kier molecular flexibility index (Phi) is 4.00. The summed E-state index contributed by atoms with van der Waals surface area (Å²) in [5, 5.41) is 3.58. The van der Waals surface area contributed by atoms with Crippen LogP contribution < -0.4 is 10.2 Å². The first-order valence-electron chi connectivity index (χ1n) is 6.41. The van der Waals surface area contributed by atoms with Crippen LogP contribution in [0.4, 0.5) is 10.1 Å². The maximum atomic E-state index is 12.9. The molecule has 94 valence electrons. The Balaban J connectivity index is 2.06. The molecular formula is C14H21FN2. The summed E-state index contributed by atoms with van der Waals surface area (Å²) < 4.78 is 12.9. The Labute approximate surface area is 103 Å². The van der Waals surface area contributed by atoms with Crippen molar-refractivity contribution in [2.45, 2.75) is 38.8 Å². The van der Waals surface area contributed by atoms with Gasteiger partial charge in [0, 0.05) is 30.9 Å². The van der Waals surface area contributed by atoms with Gasteiger partial charge in [-0.15, -0.1) is 0 Å². The lowest BCUT2D eigenvalue weighted by Crippen LogP contribution is -2.43.